The minimum atomic E-state index is -3.34. The quantitative estimate of drug-likeness (QED) is 0.871. The van der Waals surface area contributed by atoms with Crippen molar-refractivity contribution in [2.24, 2.45) is 5.92 Å². The van der Waals surface area contributed by atoms with E-state index in [1.54, 1.807) is 4.31 Å². The van der Waals surface area contributed by atoms with Gasteiger partial charge in [-0.3, -0.25) is 0 Å². The second-order valence-corrected chi connectivity index (χ2v) is 8.14. The van der Waals surface area contributed by atoms with Crippen molar-refractivity contribution < 1.29 is 8.42 Å². The van der Waals surface area contributed by atoms with Crippen LogP contribution in [0.25, 0.3) is 0 Å². The van der Waals surface area contributed by atoms with Gasteiger partial charge in [-0.15, -0.1) is 12.4 Å². The Morgan fingerprint density at radius 1 is 1.23 bits per heavy atom. The van der Waals surface area contributed by atoms with Crippen LogP contribution in [0.15, 0.2) is 18.2 Å². The Morgan fingerprint density at radius 2 is 2.05 bits per heavy atom. The second-order valence-electron chi connectivity index (χ2n) is 6.44. The predicted octanol–water partition coefficient (Wildman–Crippen LogP) is 1.53. The Bertz CT molecular complexity index is 665. The van der Waals surface area contributed by atoms with Crippen molar-refractivity contribution in [3.05, 3.63) is 34.9 Å². The van der Waals surface area contributed by atoms with Gasteiger partial charge in [0.05, 0.1) is 0 Å². The molecule has 0 radical (unpaired) electrons. The van der Waals surface area contributed by atoms with E-state index >= 15 is 0 Å². The smallest absolute Gasteiger partial charge is 0.280 e. The van der Waals surface area contributed by atoms with Crippen LogP contribution in [-0.4, -0.2) is 25.3 Å². The van der Waals surface area contributed by atoms with Gasteiger partial charge < -0.3 is 5.32 Å². The van der Waals surface area contributed by atoms with Crippen molar-refractivity contribution >= 4 is 22.6 Å². The zero-order valence-corrected chi connectivity index (χ0v) is 14.0. The minimum absolute atomic E-state index is 0. The van der Waals surface area contributed by atoms with Gasteiger partial charge in [0.1, 0.15) is 0 Å². The Balaban J connectivity index is 0.00000144. The van der Waals surface area contributed by atoms with E-state index in [4.69, 9.17) is 0 Å². The Kier molecular flexibility index (Phi) is 4.49. The van der Waals surface area contributed by atoms with Crippen LogP contribution in [-0.2, 0) is 29.8 Å². The van der Waals surface area contributed by atoms with Gasteiger partial charge in [0.2, 0.25) is 0 Å². The van der Waals surface area contributed by atoms with Crippen LogP contribution in [0.2, 0.25) is 0 Å². The van der Waals surface area contributed by atoms with Crippen LogP contribution in [0, 0.1) is 5.92 Å². The van der Waals surface area contributed by atoms with E-state index in [2.05, 4.69) is 22.2 Å². The second kappa shape index (κ2) is 6.09. The van der Waals surface area contributed by atoms with Crippen LogP contribution in [0.5, 0.6) is 0 Å². The summed E-state index contributed by atoms with van der Waals surface area (Å²) in [6.07, 6.45) is 3.26. The number of piperidine rings is 1. The summed E-state index contributed by atoms with van der Waals surface area (Å²) in [5, 5.41) is 3.30. The van der Waals surface area contributed by atoms with Gasteiger partial charge in [0.15, 0.2) is 0 Å². The summed E-state index contributed by atoms with van der Waals surface area (Å²) < 4.78 is 29.3. The molecule has 122 valence electrons. The van der Waals surface area contributed by atoms with E-state index in [9.17, 15) is 8.42 Å². The summed E-state index contributed by atoms with van der Waals surface area (Å²) in [5.41, 5.74) is 3.63. The summed E-state index contributed by atoms with van der Waals surface area (Å²) in [6.45, 7) is 2.88. The van der Waals surface area contributed by atoms with Crippen molar-refractivity contribution in [2.45, 2.75) is 44.9 Å². The standard InChI is InChI=1S/C15H21N3O2S.ClH/c19-21(20,18-10-12-2-4-15(18)6-12)17-7-11-1-3-13-8-16-9-14(13)5-11;/h1,3,5,12,15-17H,2,4,6-10H2;1H. The highest BCUT2D eigenvalue weighted by Gasteiger charge is 2.43. The third-order valence-electron chi connectivity index (χ3n) is 5.03. The molecule has 0 aromatic heterocycles. The van der Waals surface area contributed by atoms with Gasteiger partial charge in [-0.1, -0.05) is 18.2 Å². The lowest BCUT2D eigenvalue weighted by Gasteiger charge is -2.26. The molecule has 22 heavy (non-hydrogen) atoms. The van der Waals surface area contributed by atoms with Crippen molar-refractivity contribution in [3.63, 3.8) is 0 Å². The third-order valence-corrected chi connectivity index (χ3v) is 6.60. The SMILES string of the molecule is Cl.O=S(=O)(NCc1ccc2c(c1)CNC2)N1CC2CCC1C2. The molecule has 2 aliphatic heterocycles. The van der Waals surface area contributed by atoms with Crippen molar-refractivity contribution in [1.29, 1.82) is 0 Å². The molecule has 4 rings (SSSR count). The number of halogens is 1. The first-order valence-corrected chi connectivity index (χ1v) is 9.14. The van der Waals surface area contributed by atoms with Crippen LogP contribution < -0.4 is 10.0 Å². The summed E-state index contributed by atoms with van der Waals surface area (Å²) in [6, 6.07) is 6.45. The average molecular weight is 344 g/mol. The topological polar surface area (TPSA) is 61.4 Å². The molecule has 0 spiro atoms. The van der Waals surface area contributed by atoms with Crippen molar-refractivity contribution in [1.82, 2.24) is 14.3 Å². The molecule has 2 atom stereocenters. The van der Waals surface area contributed by atoms with Crippen LogP contribution in [0.1, 0.15) is 36.0 Å². The number of fused-ring (bicyclic) bond motifs is 3. The highest BCUT2D eigenvalue weighted by Crippen LogP contribution is 2.38. The van der Waals surface area contributed by atoms with E-state index in [1.807, 2.05) is 6.07 Å². The lowest BCUT2D eigenvalue weighted by Crippen LogP contribution is -2.44. The molecular formula is C15H22ClN3O2S. The van der Waals surface area contributed by atoms with Gasteiger partial charge in [0, 0.05) is 32.2 Å². The summed E-state index contributed by atoms with van der Waals surface area (Å²) in [4.78, 5) is 0. The molecular weight excluding hydrogens is 322 g/mol. The zero-order chi connectivity index (χ0) is 14.4. The predicted molar refractivity (Wildman–Crippen MR) is 87.8 cm³/mol. The maximum absolute atomic E-state index is 12.4. The maximum Gasteiger partial charge on any atom is 0.280 e. The van der Waals surface area contributed by atoms with Gasteiger partial charge in [-0.2, -0.15) is 17.4 Å². The molecule has 2 N–H and O–H groups in total. The molecule has 1 saturated carbocycles. The molecule has 7 heteroatoms. The molecule has 2 unspecified atom stereocenters. The number of rotatable bonds is 4. The molecule has 1 aliphatic carbocycles. The average Bonchev–Trinajstić information content (AvgIpc) is 3.20. The fourth-order valence-corrected chi connectivity index (χ4v) is 5.40. The zero-order valence-electron chi connectivity index (χ0n) is 12.4. The normalized spacial score (nSPS) is 26.9. The molecule has 2 fully saturated rings. The maximum atomic E-state index is 12.4. The van der Waals surface area contributed by atoms with E-state index in [0.29, 0.717) is 19.0 Å². The molecule has 1 aromatic rings. The number of benzene rings is 1. The monoisotopic (exact) mass is 343 g/mol. The molecule has 3 aliphatic rings. The molecule has 2 heterocycles. The number of nitrogens with one attached hydrogen (secondary N) is 2. The van der Waals surface area contributed by atoms with Crippen molar-refractivity contribution in [3.8, 4) is 0 Å². The molecule has 5 nitrogen and oxygen atoms in total. The van der Waals surface area contributed by atoms with E-state index < -0.39 is 10.2 Å². The van der Waals surface area contributed by atoms with Crippen molar-refractivity contribution in [2.75, 3.05) is 6.54 Å². The first-order valence-electron chi connectivity index (χ1n) is 7.70. The fourth-order valence-electron chi connectivity index (χ4n) is 3.89. The third kappa shape index (κ3) is 2.90. The lowest BCUT2D eigenvalue weighted by molar-refractivity contribution is 0.328. The molecule has 1 aromatic carbocycles. The summed E-state index contributed by atoms with van der Waals surface area (Å²) >= 11 is 0. The van der Waals surface area contributed by atoms with Crippen LogP contribution in [0.4, 0.5) is 0 Å². The molecule has 0 amide bonds. The fraction of sp³-hybridized carbons (Fsp3) is 0.600. The summed E-state index contributed by atoms with van der Waals surface area (Å²) in [5.74, 6) is 0.581. The van der Waals surface area contributed by atoms with Gasteiger partial charge in [0.25, 0.3) is 10.2 Å². The number of nitrogens with zero attached hydrogens (tertiary/aromatic N) is 1. The largest absolute Gasteiger partial charge is 0.309 e. The molecule has 2 bridgehead atoms. The van der Waals surface area contributed by atoms with Crippen LogP contribution >= 0.6 is 12.4 Å². The number of hydrogen-bond donors (Lipinski definition) is 2. The lowest BCUT2D eigenvalue weighted by atomic mass is 10.1. The Labute approximate surface area is 138 Å². The number of hydrogen-bond acceptors (Lipinski definition) is 3. The molecule has 1 saturated heterocycles. The van der Waals surface area contributed by atoms with Crippen LogP contribution in [0.3, 0.4) is 0 Å². The van der Waals surface area contributed by atoms with E-state index in [-0.39, 0.29) is 18.4 Å². The van der Waals surface area contributed by atoms with Gasteiger partial charge >= 0.3 is 0 Å². The highest BCUT2D eigenvalue weighted by molar-refractivity contribution is 7.87. The van der Waals surface area contributed by atoms with Gasteiger partial charge in [-0.05, 0) is 41.9 Å². The first kappa shape index (κ1) is 16.2. The Hall–Kier alpha value is -0.660. The van der Waals surface area contributed by atoms with E-state index in [0.717, 1.165) is 31.5 Å². The van der Waals surface area contributed by atoms with E-state index in [1.165, 1.54) is 17.5 Å². The summed E-state index contributed by atoms with van der Waals surface area (Å²) in [7, 11) is -3.34. The van der Waals surface area contributed by atoms with Gasteiger partial charge in [-0.25, -0.2) is 0 Å². The minimum Gasteiger partial charge on any atom is -0.309 e. The Morgan fingerprint density at radius 3 is 2.77 bits per heavy atom. The highest BCUT2D eigenvalue weighted by atomic mass is 35.5. The first-order chi connectivity index (χ1) is 10.1.